The third kappa shape index (κ3) is 3.91. The molecule has 3 aromatic carbocycles. The summed E-state index contributed by atoms with van der Waals surface area (Å²) in [4.78, 5) is 18.9. The van der Waals surface area contributed by atoms with Crippen LogP contribution in [0.5, 0.6) is 0 Å². The molecule has 0 spiro atoms. The van der Waals surface area contributed by atoms with Crippen molar-refractivity contribution in [2.24, 2.45) is 0 Å². The summed E-state index contributed by atoms with van der Waals surface area (Å²) >= 11 is 0. The molecule has 1 aliphatic heterocycles. The summed E-state index contributed by atoms with van der Waals surface area (Å²) in [5.41, 5.74) is 2.52. The lowest BCUT2D eigenvalue weighted by Crippen LogP contribution is -2.36. The molecule has 0 saturated carbocycles. The van der Waals surface area contributed by atoms with Crippen molar-refractivity contribution in [2.75, 3.05) is 38.3 Å². The maximum Gasteiger partial charge on any atom is 0.340 e. The number of anilines is 1. The third-order valence-corrected chi connectivity index (χ3v) is 6.05. The minimum Gasteiger partial charge on any atom is -0.465 e. The molecule has 0 amide bonds. The molecule has 0 N–H and O–H groups in total. The van der Waals surface area contributed by atoms with Crippen molar-refractivity contribution < 1.29 is 23.0 Å². The number of halogens is 2. The van der Waals surface area contributed by atoms with Crippen molar-refractivity contribution in [2.45, 2.75) is 13.0 Å². The molecular weight excluding hydrogens is 428 g/mol. The Labute approximate surface area is 189 Å². The van der Waals surface area contributed by atoms with Gasteiger partial charge in [0, 0.05) is 18.8 Å². The number of aromatic nitrogens is 2. The molecule has 4 aromatic rings. The summed E-state index contributed by atoms with van der Waals surface area (Å²) in [7, 11) is 1.27. The maximum atomic E-state index is 14.1. The number of nitrogens with zero attached hydrogens (tertiary/aromatic N) is 3. The van der Waals surface area contributed by atoms with E-state index in [9.17, 15) is 13.6 Å². The van der Waals surface area contributed by atoms with E-state index < -0.39 is 12.4 Å². The zero-order valence-electron chi connectivity index (χ0n) is 18.1. The van der Waals surface area contributed by atoms with Gasteiger partial charge in [-0.1, -0.05) is 42.5 Å². The molecule has 1 aromatic heterocycles. The molecule has 170 valence electrons. The second-order valence-corrected chi connectivity index (χ2v) is 7.95. The van der Waals surface area contributed by atoms with Crippen LogP contribution in [0.2, 0.25) is 0 Å². The highest BCUT2D eigenvalue weighted by molar-refractivity contribution is 6.04. The summed E-state index contributed by atoms with van der Waals surface area (Å²) in [5.74, 6) is -0.979. The number of carbonyl (C=O) groups excluding carboxylic acids is 1. The fourth-order valence-corrected chi connectivity index (χ4v) is 4.43. The van der Waals surface area contributed by atoms with E-state index in [-0.39, 0.29) is 23.4 Å². The molecule has 0 unspecified atom stereocenters. The van der Waals surface area contributed by atoms with E-state index in [1.165, 1.54) is 11.7 Å². The van der Waals surface area contributed by atoms with Crippen molar-refractivity contribution in [1.82, 2.24) is 9.55 Å². The molecule has 6 nitrogen and oxygen atoms in total. The third-order valence-electron chi connectivity index (χ3n) is 6.05. The standard InChI is InChI=1S/C25H23F2N3O3/c1-32-25(31)20-13-18(29-9-11-33-12-10-29)14-21-22(20)28-24(23(26)27)30(21)15-17-7-4-6-16-5-2-3-8-19(16)17/h2-8,13-14,23H,9-12,15H2,1H3. The van der Waals surface area contributed by atoms with Crippen LogP contribution in [0, 0.1) is 0 Å². The maximum absolute atomic E-state index is 14.1. The molecule has 1 aliphatic rings. The first-order chi connectivity index (χ1) is 16.1. The number of esters is 1. The van der Waals surface area contributed by atoms with E-state index in [4.69, 9.17) is 9.47 Å². The largest absolute Gasteiger partial charge is 0.465 e. The summed E-state index contributed by atoms with van der Waals surface area (Å²) in [6.45, 7) is 2.60. The second kappa shape index (κ2) is 8.78. The molecule has 5 rings (SSSR count). The van der Waals surface area contributed by atoms with E-state index in [0.29, 0.717) is 31.8 Å². The molecule has 0 aliphatic carbocycles. The van der Waals surface area contributed by atoms with Gasteiger partial charge in [0.15, 0.2) is 5.82 Å². The predicted molar refractivity (Wildman–Crippen MR) is 122 cm³/mol. The van der Waals surface area contributed by atoms with E-state index in [2.05, 4.69) is 9.88 Å². The number of benzene rings is 3. The fraction of sp³-hybridized carbons (Fsp3) is 0.280. The summed E-state index contributed by atoms with van der Waals surface area (Å²) in [6.07, 6.45) is -2.80. The van der Waals surface area contributed by atoms with Crippen LogP contribution in [0.25, 0.3) is 21.8 Å². The Morgan fingerprint density at radius 3 is 2.64 bits per heavy atom. The van der Waals surface area contributed by atoms with Crippen molar-refractivity contribution in [3.8, 4) is 0 Å². The van der Waals surface area contributed by atoms with Gasteiger partial charge in [-0.25, -0.2) is 18.6 Å². The topological polar surface area (TPSA) is 56.6 Å². The Morgan fingerprint density at radius 1 is 1.12 bits per heavy atom. The van der Waals surface area contributed by atoms with Crippen LogP contribution in [0.4, 0.5) is 14.5 Å². The van der Waals surface area contributed by atoms with Crippen molar-refractivity contribution in [1.29, 1.82) is 0 Å². The number of rotatable bonds is 5. The summed E-state index contributed by atoms with van der Waals surface area (Å²) < 4.78 is 40.2. The highest BCUT2D eigenvalue weighted by Gasteiger charge is 2.26. The van der Waals surface area contributed by atoms with E-state index in [1.54, 1.807) is 6.07 Å². The first-order valence-electron chi connectivity index (χ1n) is 10.8. The van der Waals surface area contributed by atoms with Gasteiger partial charge < -0.3 is 18.9 Å². The molecule has 8 heteroatoms. The van der Waals surface area contributed by atoms with E-state index in [1.807, 2.05) is 48.5 Å². The number of ether oxygens (including phenoxy) is 2. The zero-order chi connectivity index (χ0) is 22.9. The van der Waals surface area contributed by atoms with Gasteiger partial charge in [-0.2, -0.15) is 0 Å². The lowest BCUT2D eigenvalue weighted by Gasteiger charge is -2.29. The van der Waals surface area contributed by atoms with Crippen LogP contribution in [0.1, 0.15) is 28.2 Å². The Kier molecular flexibility index (Phi) is 5.68. The van der Waals surface area contributed by atoms with Crippen molar-refractivity contribution in [3.05, 3.63) is 71.5 Å². The SMILES string of the molecule is COC(=O)c1cc(N2CCOCC2)cc2c1nc(C(F)F)n2Cc1cccc2ccccc12. The normalized spacial score (nSPS) is 14.4. The number of morpholine rings is 1. The van der Waals surface area contributed by atoms with Gasteiger partial charge in [0.2, 0.25) is 0 Å². The Balaban J connectivity index is 1.72. The number of hydrogen-bond donors (Lipinski definition) is 0. The highest BCUT2D eigenvalue weighted by atomic mass is 19.3. The summed E-state index contributed by atoms with van der Waals surface area (Å²) in [5, 5.41) is 2.02. The number of methoxy groups -OCH3 is 1. The van der Waals surface area contributed by atoms with Crippen molar-refractivity contribution >= 4 is 33.5 Å². The lowest BCUT2D eigenvalue weighted by molar-refractivity contribution is 0.0602. The van der Waals surface area contributed by atoms with E-state index >= 15 is 0 Å². The van der Waals surface area contributed by atoms with Crippen LogP contribution in [-0.2, 0) is 16.0 Å². The molecular formula is C25H23F2N3O3. The van der Waals surface area contributed by atoms with Crippen LogP contribution in [-0.4, -0.2) is 48.9 Å². The smallest absolute Gasteiger partial charge is 0.340 e. The van der Waals surface area contributed by atoms with E-state index in [0.717, 1.165) is 22.0 Å². The average molecular weight is 451 g/mol. The van der Waals surface area contributed by atoms with Crippen LogP contribution in [0.3, 0.4) is 0 Å². The number of hydrogen-bond acceptors (Lipinski definition) is 5. The molecule has 1 saturated heterocycles. The average Bonchev–Trinajstić information content (AvgIpc) is 3.22. The first kappa shape index (κ1) is 21.3. The summed E-state index contributed by atoms with van der Waals surface area (Å²) in [6, 6.07) is 17.2. The molecule has 0 atom stereocenters. The second-order valence-electron chi connectivity index (χ2n) is 7.95. The Morgan fingerprint density at radius 2 is 1.88 bits per heavy atom. The number of carbonyl (C=O) groups is 1. The van der Waals surface area contributed by atoms with Gasteiger partial charge in [0.25, 0.3) is 6.43 Å². The van der Waals surface area contributed by atoms with Gasteiger partial charge >= 0.3 is 5.97 Å². The molecule has 0 bridgehead atoms. The monoisotopic (exact) mass is 451 g/mol. The highest BCUT2D eigenvalue weighted by Crippen LogP contribution is 2.33. The minimum atomic E-state index is -2.80. The van der Waals surface area contributed by atoms with Gasteiger partial charge in [-0.05, 0) is 28.5 Å². The fourth-order valence-electron chi connectivity index (χ4n) is 4.43. The van der Waals surface area contributed by atoms with Gasteiger partial charge in [0.05, 0.1) is 37.9 Å². The van der Waals surface area contributed by atoms with Crippen LogP contribution in [0.15, 0.2) is 54.6 Å². The van der Waals surface area contributed by atoms with Gasteiger partial charge in [-0.3, -0.25) is 0 Å². The molecule has 0 radical (unpaired) electrons. The van der Waals surface area contributed by atoms with Crippen LogP contribution < -0.4 is 4.90 Å². The minimum absolute atomic E-state index is 0.176. The quantitative estimate of drug-likeness (QED) is 0.408. The Hall–Kier alpha value is -3.52. The Bertz CT molecular complexity index is 1320. The predicted octanol–water partition coefficient (Wildman–Crippen LogP) is 4.80. The zero-order valence-corrected chi connectivity index (χ0v) is 18.1. The molecule has 1 fully saturated rings. The number of imidazole rings is 1. The van der Waals surface area contributed by atoms with Gasteiger partial charge in [-0.15, -0.1) is 0 Å². The number of fused-ring (bicyclic) bond motifs is 2. The molecule has 33 heavy (non-hydrogen) atoms. The van der Waals surface area contributed by atoms with Crippen molar-refractivity contribution in [3.63, 3.8) is 0 Å². The van der Waals surface area contributed by atoms with Gasteiger partial charge in [0.1, 0.15) is 5.52 Å². The lowest BCUT2D eigenvalue weighted by atomic mass is 10.0. The first-order valence-corrected chi connectivity index (χ1v) is 10.8. The van der Waals surface area contributed by atoms with Crippen LogP contribution >= 0.6 is 0 Å². The number of alkyl halides is 2. The molecule has 2 heterocycles.